The van der Waals surface area contributed by atoms with Gasteiger partial charge in [0.2, 0.25) is 5.91 Å². The summed E-state index contributed by atoms with van der Waals surface area (Å²) < 4.78 is 0. The average molecular weight is 476 g/mol. The molecule has 2 aromatic rings. The molecule has 3 atom stereocenters. The van der Waals surface area contributed by atoms with Crippen LogP contribution in [0.1, 0.15) is 36.7 Å². The van der Waals surface area contributed by atoms with Crippen molar-refractivity contribution in [3.8, 4) is 0 Å². The van der Waals surface area contributed by atoms with E-state index in [9.17, 15) is 19.5 Å². The fourth-order valence-corrected chi connectivity index (χ4v) is 5.23. The molecule has 1 saturated heterocycles. The summed E-state index contributed by atoms with van der Waals surface area (Å²) in [5.41, 5.74) is 0.932. The maximum absolute atomic E-state index is 13.3. The number of carbonyl (C=O) groups is 3. The molecule has 3 amide bonds. The number of carbonyl (C=O) groups excluding carboxylic acids is 3. The van der Waals surface area contributed by atoms with E-state index in [1.165, 1.54) is 28.0 Å². The van der Waals surface area contributed by atoms with Crippen molar-refractivity contribution in [3.63, 3.8) is 0 Å². The highest BCUT2D eigenvalue weighted by molar-refractivity contribution is 7.99. The third-order valence-electron chi connectivity index (χ3n) is 5.00. The van der Waals surface area contributed by atoms with Crippen molar-refractivity contribution in [1.29, 1.82) is 0 Å². The molecule has 0 aliphatic carbocycles. The van der Waals surface area contributed by atoms with Crippen LogP contribution in [0.25, 0.3) is 0 Å². The molecule has 1 aliphatic rings. The molecular formula is C23H29N3O4S2. The third-order valence-corrected chi connectivity index (χ3v) is 6.69. The van der Waals surface area contributed by atoms with E-state index in [1.807, 2.05) is 51.1 Å². The number of hydrogen-bond acceptors (Lipinski definition) is 6. The molecule has 1 aromatic heterocycles. The molecule has 0 saturated carbocycles. The molecule has 3 rings (SSSR count). The smallest absolute Gasteiger partial charge is 0.254 e. The van der Waals surface area contributed by atoms with Crippen LogP contribution in [-0.2, 0) is 16.0 Å². The van der Waals surface area contributed by atoms with Gasteiger partial charge in [0.05, 0.1) is 11.9 Å². The molecule has 0 spiro atoms. The Bertz CT molecular complexity index is 928. The number of aliphatic hydroxyl groups is 1. The highest BCUT2D eigenvalue weighted by Gasteiger charge is 2.40. The van der Waals surface area contributed by atoms with Gasteiger partial charge in [-0.05, 0) is 44.2 Å². The minimum absolute atomic E-state index is 0.245. The van der Waals surface area contributed by atoms with Crippen molar-refractivity contribution in [2.75, 3.05) is 11.6 Å². The van der Waals surface area contributed by atoms with Gasteiger partial charge in [0.25, 0.3) is 11.8 Å². The molecule has 1 aliphatic heterocycles. The Labute approximate surface area is 196 Å². The summed E-state index contributed by atoms with van der Waals surface area (Å²) in [6.45, 7) is 5.64. The number of nitrogens with one attached hydrogen (secondary N) is 2. The molecule has 7 nitrogen and oxygen atoms in total. The number of thioether (sulfide) groups is 1. The van der Waals surface area contributed by atoms with Crippen LogP contribution in [0.5, 0.6) is 0 Å². The summed E-state index contributed by atoms with van der Waals surface area (Å²) in [6, 6.07) is 9.57. The molecule has 1 aromatic carbocycles. The molecule has 0 radical (unpaired) electrons. The first-order chi connectivity index (χ1) is 15.2. The first-order valence-corrected chi connectivity index (χ1v) is 12.5. The van der Waals surface area contributed by atoms with Gasteiger partial charge < -0.3 is 20.6 Å². The number of amides is 3. The first kappa shape index (κ1) is 24.3. The van der Waals surface area contributed by atoms with E-state index in [0.29, 0.717) is 17.2 Å². The molecule has 0 unspecified atom stereocenters. The zero-order chi connectivity index (χ0) is 23.3. The third kappa shape index (κ3) is 6.34. The second-order valence-corrected chi connectivity index (χ2v) is 10.6. The van der Waals surface area contributed by atoms with Gasteiger partial charge in [-0.2, -0.15) is 11.3 Å². The van der Waals surface area contributed by atoms with Gasteiger partial charge in [0, 0.05) is 22.2 Å². The van der Waals surface area contributed by atoms with Crippen molar-refractivity contribution < 1.29 is 19.5 Å². The van der Waals surface area contributed by atoms with E-state index in [2.05, 4.69) is 10.6 Å². The van der Waals surface area contributed by atoms with Gasteiger partial charge in [-0.25, -0.2) is 0 Å². The fraction of sp³-hybridized carbons (Fsp3) is 0.435. The maximum Gasteiger partial charge on any atom is 0.254 e. The molecule has 0 bridgehead atoms. The molecule has 2 heterocycles. The highest BCUT2D eigenvalue weighted by atomic mass is 32.2. The standard InChI is InChI=1S/C23H29N3O4S2/c1-23(2,3)25-21(29)18-13-32-14-26(18)22(30)19(27)17(11-15-7-5-4-6-8-15)24-20(28)16-9-10-31-12-16/h4-10,12,17-19,27H,11,13-14H2,1-3H3,(H,24,28)(H,25,29)/t17-,18-,19-/m0/s1. The van der Waals surface area contributed by atoms with Crippen LogP contribution < -0.4 is 10.6 Å². The van der Waals surface area contributed by atoms with Gasteiger partial charge in [0.15, 0.2) is 6.10 Å². The van der Waals surface area contributed by atoms with E-state index >= 15 is 0 Å². The van der Waals surface area contributed by atoms with Crippen LogP contribution in [0.15, 0.2) is 47.2 Å². The van der Waals surface area contributed by atoms with Crippen molar-refractivity contribution in [2.45, 2.75) is 50.9 Å². The Morgan fingerprint density at radius 2 is 1.91 bits per heavy atom. The number of nitrogens with zero attached hydrogens (tertiary/aromatic N) is 1. The Morgan fingerprint density at radius 1 is 1.19 bits per heavy atom. The van der Waals surface area contributed by atoms with Crippen LogP contribution in [0.3, 0.4) is 0 Å². The molecule has 1 fully saturated rings. The van der Waals surface area contributed by atoms with Crippen LogP contribution in [0.4, 0.5) is 0 Å². The number of benzene rings is 1. The Hall–Kier alpha value is -2.36. The summed E-state index contributed by atoms with van der Waals surface area (Å²) in [5, 5.41) is 20.3. The fourth-order valence-electron chi connectivity index (χ4n) is 3.43. The Balaban J connectivity index is 1.77. The maximum atomic E-state index is 13.3. The normalized spacial score (nSPS) is 18.1. The van der Waals surface area contributed by atoms with E-state index < -0.39 is 29.6 Å². The summed E-state index contributed by atoms with van der Waals surface area (Å²) in [5.74, 6) is -0.378. The molecular weight excluding hydrogens is 446 g/mol. The van der Waals surface area contributed by atoms with E-state index in [4.69, 9.17) is 0 Å². The minimum atomic E-state index is -1.48. The van der Waals surface area contributed by atoms with Crippen LogP contribution in [0.2, 0.25) is 0 Å². The summed E-state index contributed by atoms with van der Waals surface area (Å²) in [6.07, 6.45) is -1.20. The monoisotopic (exact) mass is 475 g/mol. The topological polar surface area (TPSA) is 98.7 Å². The number of aliphatic hydroxyl groups excluding tert-OH is 1. The summed E-state index contributed by atoms with van der Waals surface area (Å²) in [4.78, 5) is 40.1. The number of hydrogen-bond donors (Lipinski definition) is 3. The predicted octanol–water partition coefficient (Wildman–Crippen LogP) is 2.27. The molecule has 32 heavy (non-hydrogen) atoms. The molecule has 9 heteroatoms. The molecule has 172 valence electrons. The van der Waals surface area contributed by atoms with Gasteiger partial charge in [0.1, 0.15) is 6.04 Å². The second kappa shape index (κ2) is 10.5. The summed E-state index contributed by atoms with van der Waals surface area (Å²) >= 11 is 2.86. The number of thiophene rings is 1. The molecule has 3 N–H and O–H groups in total. The Morgan fingerprint density at radius 3 is 2.53 bits per heavy atom. The van der Waals surface area contributed by atoms with Crippen molar-refractivity contribution in [1.82, 2.24) is 15.5 Å². The van der Waals surface area contributed by atoms with Crippen LogP contribution >= 0.6 is 23.1 Å². The largest absolute Gasteiger partial charge is 0.381 e. The quantitative estimate of drug-likeness (QED) is 0.571. The minimum Gasteiger partial charge on any atom is -0.381 e. The second-order valence-electron chi connectivity index (χ2n) is 8.79. The predicted molar refractivity (Wildman–Crippen MR) is 128 cm³/mol. The lowest BCUT2D eigenvalue weighted by Crippen LogP contribution is -2.57. The van der Waals surface area contributed by atoms with Gasteiger partial charge in [-0.3, -0.25) is 14.4 Å². The zero-order valence-electron chi connectivity index (χ0n) is 18.4. The highest BCUT2D eigenvalue weighted by Crippen LogP contribution is 2.24. The van der Waals surface area contributed by atoms with Crippen LogP contribution in [0, 0.1) is 0 Å². The van der Waals surface area contributed by atoms with Gasteiger partial charge in [-0.1, -0.05) is 30.3 Å². The summed E-state index contributed by atoms with van der Waals surface area (Å²) in [7, 11) is 0. The lowest BCUT2D eigenvalue weighted by Gasteiger charge is -2.31. The SMILES string of the molecule is CC(C)(C)NC(=O)[C@@H]1CSCN1C(=O)[C@@H](O)[C@H](Cc1ccccc1)NC(=O)c1ccsc1. The van der Waals surface area contributed by atoms with Gasteiger partial charge >= 0.3 is 0 Å². The van der Waals surface area contributed by atoms with E-state index in [0.717, 1.165) is 5.56 Å². The van der Waals surface area contributed by atoms with E-state index in [-0.39, 0.29) is 18.2 Å². The van der Waals surface area contributed by atoms with Crippen molar-refractivity contribution >= 4 is 40.8 Å². The first-order valence-electron chi connectivity index (χ1n) is 10.4. The van der Waals surface area contributed by atoms with E-state index in [1.54, 1.807) is 16.8 Å². The Kier molecular flexibility index (Phi) is 7.97. The van der Waals surface area contributed by atoms with Crippen LogP contribution in [-0.4, -0.2) is 63.1 Å². The number of rotatable bonds is 7. The lowest BCUT2D eigenvalue weighted by molar-refractivity contribution is -0.146. The zero-order valence-corrected chi connectivity index (χ0v) is 20.0. The lowest BCUT2D eigenvalue weighted by atomic mass is 9.99. The van der Waals surface area contributed by atoms with Crippen molar-refractivity contribution in [2.24, 2.45) is 0 Å². The average Bonchev–Trinajstić information content (AvgIpc) is 3.43. The van der Waals surface area contributed by atoms with Crippen molar-refractivity contribution in [3.05, 3.63) is 58.3 Å². The van der Waals surface area contributed by atoms with Gasteiger partial charge in [-0.15, -0.1) is 11.8 Å².